The Hall–Kier alpha value is -0.950. The molecule has 5 nitrogen and oxygen atoms in total. The molecule has 0 aromatic carbocycles. The predicted octanol–water partition coefficient (Wildman–Crippen LogP) is 6.03. The minimum Gasteiger partial charge on any atom is -0.352 e. The Morgan fingerprint density at radius 1 is 0.800 bits per heavy atom. The average Bonchev–Trinajstić information content (AvgIpc) is 2.70. The van der Waals surface area contributed by atoms with Gasteiger partial charge < -0.3 is 9.47 Å². The molecule has 0 aromatic rings. The molecule has 30 heavy (non-hydrogen) atoms. The molecule has 0 aliphatic rings. The van der Waals surface area contributed by atoms with Gasteiger partial charge in [-0.2, -0.15) is 8.42 Å². The minimum absolute atomic E-state index is 0.175. The van der Waals surface area contributed by atoms with Crippen molar-refractivity contribution in [1.82, 2.24) is 0 Å². The summed E-state index contributed by atoms with van der Waals surface area (Å²) < 4.78 is 38.3. The molecule has 0 saturated carbocycles. The van der Waals surface area contributed by atoms with Crippen molar-refractivity contribution >= 4 is 10.1 Å². The summed E-state index contributed by atoms with van der Waals surface area (Å²) in [5.41, 5.74) is 0. The highest BCUT2D eigenvalue weighted by Gasteiger charge is 2.18. The largest absolute Gasteiger partial charge is 0.352 e. The van der Waals surface area contributed by atoms with Crippen LogP contribution in [-0.4, -0.2) is 41.8 Å². The highest BCUT2D eigenvalue weighted by molar-refractivity contribution is 7.85. The minimum atomic E-state index is -3.43. The quantitative estimate of drug-likeness (QED) is 0.0800. The topological polar surface area (TPSA) is 61.8 Å². The van der Waals surface area contributed by atoms with Gasteiger partial charge >= 0.3 is 0 Å². The SMILES string of the molecule is CCCCC/C=C\C=C\C(CCOS(C)(=O)=O)C(/C=C/C(OC)OC)CCCCC. The fourth-order valence-electron chi connectivity index (χ4n) is 3.25. The highest BCUT2D eigenvalue weighted by atomic mass is 32.2. The number of allylic oxidation sites excluding steroid dienone is 5. The predicted molar refractivity (Wildman–Crippen MR) is 126 cm³/mol. The second kappa shape index (κ2) is 18.8. The van der Waals surface area contributed by atoms with Gasteiger partial charge in [0.1, 0.15) is 0 Å². The van der Waals surface area contributed by atoms with Crippen molar-refractivity contribution in [3.63, 3.8) is 0 Å². The van der Waals surface area contributed by atoms with Crippen LogP contribution in [0.15, 0.2) is 36.5 Å². The van der Waals surface area contributed by atoms with Crippen molar-refractivity contribution < 1.29 is 22.1 Å². The summed E-state index contributed by atoms with van der Waals surface area (Å²) in [5.74, 6) is 0.437. The van der Waals surface area contributed by atoms with Crippen LogP contribution in [0.5, 0.6) is 0 Å². The molecule has 0 bridgehead atoms. The summed E-state index contributed by atoms with van der Waals surface area (Å²) in [6, 6.07) is 0. The van der Waals surface area contributed by atoms with Crippen molar-refractivity contribution in [2.24, 2.45) is 11.8 Å². The lowest BCUT2D eigenvalue weighted by atomic mass is 9.84. The number of methoxy groups -OCH3 is 2. The maximum atomic E-state index is 11.4. The van der Waals surface area contributed by atoms with E-state index in [1.165, 1.54) is 25.7 Å². The zero-order chi connectivity index (χ0) is 22.7. The van der Waals surface area contributed by atoms with E-state index in [0.29, 0.717) is 6.42 Å². The molecule has 0 spiro atoms. The summed E-state index contributed by atoms with van der Waals surface area (Å²) in [5, 5.41) is 0. The van der Waals surface area contributed by atoms with Crippen LogP contribution in [0.4, 0.5) is 0 Å². The maximum absolute atomic E-state index is 11.4. The third-order valence-electron chi connectivity index (χ3n) is 5.00. The van der Waals surface area contributed by atoms with E-state index in [9.17, 15) is 8.42 Å². The van der Waals surface area contributed by atoms with Crippen LogP contribution in [0.3, 0.4) is 0 Å². The molecule has 2 atom stereocenters. The van der Waals surface area contributed by atoms with E-state index in [4.69, 9.17) is 13.7 Å². The van der Waals surface area contributed by atoms with Gasteiger partial charge in [-0.05, 0) is 43.6 Å². The molecule has 0 aliphatic heterocycles. The van der Waals surface area contributed by atoms with Crippen molar-refractivity contribution in [1.29, 1.82) is 0 Å². The van der Waals surface area contributed by atoms with Gasteiger partial charge in [0.2, 0.25) is 0 Å². The van der Waals surface area contributed by atoms with Crippen molar-refractivity contribution in [2.75, 3.05) is 27.1 Å². The molecule has 176 valence electrons. The summed E-state index contributed by atoms with van der Waals surface area (Å²) in [4.78, 5) is 0. The van der Waals surface area contributed by atoms with Crippen molar-refractivity contribution in [3.8, 4) is 0 Å². The summed E-state index contributed by atoms with van der Waals surface area (Å²) in [6.45, 7) is 4.58. The number of unbranched alkanes of at least 4 members (excludes halogenated alkanes) is 5. The van der Waals surface area contributed by atoms with E-state index in [1.807, 2.05) is 6.08 Å². The third-order valence-corrected chi connectivity index (χ3v) is 5.59. The first-order chi connectivity index (χ1) is 14.4. The first-order valence-electron chi connectivity index (χ1n) is 11.3. The van der Waals surface area contributed by atoms with E-state index in [0.717, 1.165) is 31.9 Å². The standard InChI is InChI=1S/C24H44O5S/c1-6-8-10-11-12-13-15-17-23(20-21-29-30(5,25)26)22(16-14-9-7-2)18-19-24(27-3)28-4/h12-13,15,17-19,22-24H,6-11,14,16,20-21H2,1-5H3/b13-12-,17-15+,19-18+. The molecule has 6 heteroatoms. The van der Waals surface area contributed by atoms with E-state index in [1.54, 1.807) is 14.2 Å². The Morgan fingerprint density at radius 3 is 2.03 bits per heavy atom. The molecule has 0 fully saturated rings. The molecule has 0 aliphatic carbocycles. The van der Waals surface area contributed by atoms with Crippen molar-refractivity contribution in [2.45, 2.75) is 77.9 Å². The summed E-state index contributed by atoms with van der Waals surface area (Å²) >= 11 is 0. The van der Waals surface area contributed by atoms with Crippen LogP contribution in [0.25, 0.3) is 0 Å². The summed E-state index contributed by atoms with van der Waals surface area (Å²) in [6.07, 6.45) is 23.3. The first kappa shape index (κ1) is 29.1. The van der Waals surface area contributed by atoms with Gasteiger partial charge in [0.25, 0.3) is 10.1 Å². The van der Waals surface area contributed by atoms with E-state index in [2.05, 4.69) is 44.2 Å². The van der Waals surface area contributed by atoms with Crippen LogP contribution < -0.4 is 0 Å². The van der Waals surface area contributed by atoms with Crippen LogP contribution in [-0.2, 0) is 23.8 Å². The average molecular weight is 445 g/mol. The number of hydrogen-bond donors (Lipinski definition) is 0. The Bertz CT molecular complexity index is 576. The number of rotatable bonds is 19. The van der Waals surface area contributed by atoms with Crippen LogP contribution >= 0.6 is 0 Å². The van der Waals surface area contributed by atoms with Gasteiger partial charge in [-0.3, -0.25) is 4.18 Å². The Morgan fingerprint density at radius 2 is 1.43 bits per heavy atom. The van der Waals surface area contributed by atoms with Crippen LogP contribution in [0, 0.1) is 11.8 Å². The van der Waals surface area contributed by atoms with Crippen LogP contribution in [0.1, 0.15) is 71.6 Å². The number of ether oxygens (including phenoxy) is 2. The normalized spacial score (nSPS) is 15.1. The molecule has 0 rings (SSSR count). The zero-order valence-corrected chi connectivity index (χ0v) is 20.5. The zero-order valence-electron chi connectivity index (χ0n) is 19.7. The van der Waals surface area contributed by atoms with Gasteiger partial charge in [-0.15, -0.1) is 0 Å². The van der Waals surface area contributed by atoms with Gasteiger partial charge in [0.05, 0.1) is 12.9 Å². The molecular weight excluding hydrogens is 400 g/mol. The third kappa shape index (κ3) is 16.8. The molecule has 0 N–H and O–H groups in total. The second-order valence-corrected chi connectivity index (χ2v) is 9.32. The first-order valence-corrected chi connectivity index (χ1v) is 13.1. The lowest BCUT2D eigenvalue weighted by molar-refractivity contribution is -0.0669. The Balaban J connectivity index is 5.25. The second-order valence-electron chi connectivity index (χ2n) is 7.67. The molecule has 0 radical (unpaired) electrons. The fourth-order valence-corrected chi connectivity index (χ4v) is 3.65. The summed E-state index contributed by atoms with van der Waals surface area (Å²) in [7, 11) is -0.201. The molecular formula is C24H44O5S. The van der Waals surface area contributed by atoms with Gasteiger partial charge in [-0.1, -0.05) is 76.3 Å². The van der Waals surface area contributed by atoms with E-state index < -0.39 is 10.1 Å². The lowest BCUT2D eigenvalue weighted by Crippen LogP contribution is -2.17. The Kier molecular flexibility index (Phi) is 18.2. The fraction of sp³-hybridized carbons (Fsp3) is 0.750. The van der Waals surface area contributed by atoms with Crippen molar-refractivity contribution in [3.05, 3.63) is 36.5 Å². The van der Waals surface area contributed by atoms with Gasteiger partial charge in [-0.25, -0.2) is 0 Å². The van der Waals surface area contributed by atoms with E-state index >= 15 is 0 Å². The van der Waals surface area contributed by atoms with E-state index in [-0.39, 0.29) is 24.7 Å². The number of hydrogen-bond acceptors (Lipinski definition) is 5. The molecule has 2 unspecified atom stereocenters. The van der Waals surface area contributed by atoms with Gasteiger partial charge in [0, 0.05) is 14.2 Å². The van der Waals surface area contributed by atoms with Gasteiger partial charge in [0.15, 0.2) is 6.29 Å². The molecule has 0 saturated heterocycles. The Labute approximate surface area is 185 Å². The lowest BCUT2D eigenvalue weighted by Gasteiger charge is -2.22. The highest BCUT2D eigenvalue weighted by Crippen LogP contribution is 2.26. The monoisotopic (exact) mass is 444 g/mol. The maximum Gasteiger partial charge on any atom is 0.264 e. The van der Waals surface area contributed by atoms with Crippen LogP contribution in [0.2, 0.25) is 0 Å². The molecule has 0 amide bonds. The molecule has 0 aromatic heterocycles. The smallest absolute Gasteiger partial charge is 0.264 e. The molecule has 0 heterocycles.